The molecule has 0 aliphatic carbocycles. The quantitative estimate of drug-likeness (QED) is 0.674. The van der Waals surface area contributed by atoms with Crippen molar-refractivity contribution >= 4 is 11.4 Å². The molecular formula is C14H15N3O2. The summed E-state index contributed by atoms with van der Waals surface area (Å²) in [5.41, 5.74) is 3.94. The van der Waals surface area contributed by atoms with Crippen LogP contribution in [0.25, 0.3) is 0 Å². The zero-order valence-corrected chi connectivity index (χ0v) is 10.9. The Kier molecular flexibility index (Phi) is 3.75. The molecule has 0 fully saturated rings. The van der Waals surface area contributed by atoms with Crippen molar-refractivity contribution in [3.05, 3.63) is 63.5 Å². The lowest BCUT2D eigenvalue weighted by atomic mass is 10.1. The van der Waals surface area contributed by atoms with Gasteiger partial charge in [0.2, 0.25) is 0 Å². The number of benzene rings is 1. The topological polar surface area (TPSA) is 68.1 Å². The molecule has 5 nitrogen and oxygen atoms in total. The zero-order valence-electron chi connectivity index (χ0n) is 10.9. The van der Waals surface area contributed by atoms with E-state index in [-0.39, 0.29) is 10.6 Å². The van der Waals surface area contributed by atoms with Crippen LogP contribution in [0.15, 0.2) is 36.5 Å². The summed E-state index contributed by atoms with van der Waals surface area (Å²) in [6.07, 6.45) is 1.76. The molecule has 0 unspecified atom stereocenters. The van der Waals surface area contributed by atoms with Gasteiger partial charge in [0.1, 0.15) is 0 Å². The second-order valence-corrected chi connectivity index (χ2v) is 4.38. The molecule has 0 spiro atoms. The van der Waals surface area contributed by atoms with Crippen LogP contribution in [0, 0.1) is 24.0 Å². The van der Waals surface area contributed by atoms with Gasteiger partial charge in [-0.1, -0.05) is 6.07 Å². The van der Waals surface area contributed by atoms with Gasteiger partial charge in [0, 0.05) is 24.0 Å². The molecule has 0 bridgehead atoms. The molecular weight excluding hydrogens is 242 g/mol. The highest BCUT2D eigenvalue weighted by Crippen LogP contribution is 2.21. The van der Waals surface area contributed by atoms with E-state index in [2.05, 4.69) is 10.3 Å². The number of hydrogen-bond donors (Lipinski definition) is 1. The van der Waals surface area contributed by atoms with Crippen LogP contribution < -0.4 is 5.32 Å². The van der Waals surface area contributed by atoms with Gasteiger partial charge in [0.25, 0.3) is 5.69 Å². The van der Waals surface area contributed by atoms with Gasteiger partial charge in [0.05, 0.1) is 17.2 Å². The number of non-ortho nitro benzene ring substituents is 1. The molecule has 5 heteroatoms. The van der Waals surface area contributed by atoms with Gasteiger partial charge in [-0.15, -0.1) is 0 Å². The molecule has 0 saturated heterocycles. The number of anilines is 1. The van der Waals surface area contributed by atoms with Gasteiger partial charge in [-0.3, -0.25) is 15.1 Å². The Bertz CT molecular complexity index is 611. The molecule has 19 heavy (non-hydrogen) atoms. The molecule has 0 amide bonds. The Labute approximate surface area is 111 Å². The summed E-state index contributed by atoms with van der Waals surface area (Å²) < 4.78 is 0. The second kappa shape index (κ2) is 5.48. The minimum absolute atomic E-state index is 0.108. The maximum atomic E-state index is 10.7. The normalized spacial score (nSPS) is 10.2. The summed E-state index contributed by atoms with van der Waals surface area (Å²) in [4.78, 5) is 14.6. The summed E-state index contributed by atoms with van der Waals surface area (Å²) in [5.74, 6) is 0. The van der Waals surface area contributed by atoms with Crippen molar-refractivity contribution in [1.29, 1.82) is 0 Å². The zero-order chi connectivity index (χ0) is 13.8. The summed E-state index contributed by atoms with van der Waals surface area (Å²) in [7, 11) is 0. The number of nitrogens with zero attached hydrogens (tertiary/aromatic N) is 2. The lowest BCUT2D eigenvalue weighted by Gasteiger charge is -2.10. The Morgan fingerprint density at radius 3 is 2.68 bits per heavy atom. The second-order valence-electron chi connectivity index (χ2n) is 4.38. The van der Waals surface area contributed by atoms with Crippen molar-refractivity contribution in [1.82, 2.24) is 4.98 Å². The van der Waals surface area contributed by atoms with Crippen LogP contribution >= 0.6 is 0 Å². The van der Waals surface area contributed by atoms with Crippen molar-refractivity contribution in [2.45, 2.75) is 20.4 Å². The van der Waals surface area contributed by atoms with Crippen LogP contribution in [0.5, 0.6) is 0 Å². The molecule has 1 aromatic heterocycles. The smallest absolute Gasteiger partial charge is 0.269 e. The van der Waals surface area contributed by atoms with E-state index < -0.39 is 0 Å². The van der Waals surface area contributed by atoms with Crippen LogP contribution in [-0.4, -0.2) is 9.91 Å². The molecule has 0 atom stereocenters. The third-order valence-electron chi connectivity index (χ3n) is 2.98. The summed E-state index contributed by atoms with van der Waals surface area (Å²) in [6, 6.07) is 8.70. The number of pyridine rings is 1. The Morgan fingerprint density at radius 2 is 2.05 bits per heavy atom. The van der Waals surface area contributed by atoms with Gasteiger partial charge in [-0.05, 0) is 37.1 Å². The van der Waals surface area contributed by atoms with E-state index in [9.17, 15) is 10.1 Å². The van der Waals surface area contributed by atoms with E-state index in [1.807, 2.05) is 26.0 Å². The average molecular weight is 257 g/mol. The third kappa shape index (κ3) is 3.07. The van der Waals surface area contributed by atoms with Crippen LogP contribution in [0.2, 0.25) is 0 Å². The number of aromatic nitrogens is 1. The number of nitro groups is 1. The summed E-state index contributed by atoms with van der Waals surface area (Å²) in [6.45, 7) is 4.46. The third-order valence-corrected chi connectivity index (χ3v) is 2.98. The Morgan fingerprint density at radius 1 is 1.26 bits per heavy atom. The minimum atomic E-state index is -0.389. The average Bonchev–Trinajstić information content (AvgIpc) is 2.39. The van der Waals surface area contributed by atoms with Crippen LogP contribution in [0.1, 0.15) is 16.8 Å². The number of rotatable bonds is 4. The molecule has 98 valence electrons. The van der Waals surface area contributed by atoms with Crippen molar-refractivity contribution < 1.29 is 4.92 Å². The fraction of sp³-hybridized carbons (Fsp3) is 0.214. The summed E-state index contributed by atoms with van der Waals surface area (Å²) in [5, 5.41) is 13.9. The molecule has 0 aliphatic rings. The van der Waals surface area contributed by atoms with Crippen molar-refractivity contribution in [2.75, 3.05) is 5.32 Å². The number of nitrogens with one attached hydrogen (secondary N) is 1. The van der Waals surface area contributed by atoms with Crippen LogP contribution in [-0.2, 0) is 6.54 Å². The highest BCUT2D eigenvalue weighted by Gasteiger charge is 2.08. The molecule has 2 aromatic rings. The van der Waals surface area contributed by atoms with Crippen molar-refractivity contribution in [3.63, 3.8) is 0 Å². The molecule has 2 rings (SSSR count). The molecule has 0 radical (unpaired) electrons. The Balaban J connectivity index is 2.12. The maximum Gasteiger partial charge on any atom is 0.269 e. The van der Waals surface area contributed by atoms with Crippen LogP contribution in [0.3, 0.4) is 0 Å². The molecule has 0 aliphatic heterocycles. The van der Waals surface area contributed by atoms with Crippen LogP contribution in [0.4, 0.5) is 11.4 Å². The minimum Gasteiger partial charge on any atom is -0.379 e. The van der Waals surface area contributed by atoms with E-state index in [1.165, 1.54) is 6.07 Å². The first-order valence-corrected chi connectivity index (χ1v) is 5.97. The molecule has 1 N–H and O–H groups in total. The summed E-state index contributed by atoms with van der Waals surface area (Å²) >= 11 is 0. The molecule has 1 aromatic carbocycles. The number of hydrogen-bond acceptors (Lipinski definition) is 4. The van der Waals surface area contributed by atoms with Crippen molar-refractivity contribution in [2.24, 2.45) is 0 Å². The van der Waals surface area contributed by atoms with Gasteiger partial charge < -0.3 is 5.32 Å². The van der Waals surface area contributed by atoms with Gasteiger partial charge in [-0.2, -0.15) is 0 Å². The lowest BCUT2D eigenvalue weighted by Crippen LogP contribution is -2.04. The van der Waals surface area contributed by atoms with E-state index in [1.54, 1.807) is 18.3 Å². The number of aryl methyl sites for hydroxylation is 2. The molecule has 1 heterocycles. The molecule has 0 saturated carbocycles. The van der Waals surface area contributed by atoms with E-state index in [0.29, 0.717) is 6.54 Å². The predicted molar refractivity (Wildman–Crippen MR) is 74.1 cm³/mol. The predicted octanol–water partition coefficient (Wildman–Crippen LogP) is 3.22. The largest absolute Gasteiger partial charge is 0.379 e. The number of nitro benzene ring substituents is 1. The highest BCUT2D eigenvalue weighted by atomic mass is 16.6. The SMILES string of the molecule is Cc1cc([N+](=O)[O-])ccc1NCc1ncccc1C. The first-order chi connectivity index (χ1) is 9.08. The monoisotopic (exact) mass is 257 g/mol. The van der Waals surface area contributed by atoms with Gasteiger partial charge >= 0.3 is 0 Å². The first kappa shape index (κ1) is 13.0. The fourth-order valence-corrected chi connectivity index (χ4v) is 1.84. The fourth-order valence-electron chi connectivity index (χ4n) is 1.84. The van der Waals surface area contributed by atoms with E-state index >= 15 is 0 Å². The van der Waals surface area contributed by atoms with E-state index in [0.717, 1.165) is 22.5 Å². The highest BCUT2D eigenvalue weighted by molar-refractivity contribution is 5.55. The van der Waals surface area contributed by atoms with E-state index in [4.69, 9.17) is 0 Å². The van der Waals surface area contributed by atoms with Gasteiger partial charge in [-0.25, -0.2) is 0 Å². The Hall–Kier alpha value is -2.43. The first-order valence-electron chi connectivity index (χ1n) is 5.97. The standard InChI is InChI=1S/C14H15N3O2/c1-10-4-3-7-15-14(10)9-16-13-6-5-12(17(18)19)8-11(13)2/h3-8,16H,9H2,1-2H3. The lowest BCUT2D eigenvalue weighted by molar-refractivity contribution is -0.384. The van der Waals surface area contributed by atoms with Gasteiger partial charge in [0.15, 0.2) is 0 Å². The maximum absolute atomic E-state index is 10.7. The van der Waals surface area contributed by atoms with Crippen molar-refractivity contribution in [3.8, 4) is 0 Å².